The van der Waals surface area contributed by atoms with Crippen molar-refractivity contribution in [1.82, 2.24) is 15.6 Å². The van der Waals surface area contributed by atoms with Crippen LogP contribution in [0.3, 0.4) is 0 Å². The second kappa shape index (κ2) is 6.01. The van der Waals surface area contributed by atoms with Crippen LogP contribution in [0.15, 0.2) is 6.20 Å². The number of urea groups is 1. The monoisotopic (exact) mass is 283 g/mol. The lowest BCUT2D eigenvalue weighted by Gasteiger charge is -2.12. The predicted molar refractivity (Wildman–Crippen MR) is 71.0 cm³/mol. The molecular weight excluding hydrogens is 266 g/mol. The van der Waals surface area contributed by atoms with Gasteiger partial charge in [-0.3, -0.25) is 4.79 Å². The van der Waals surface area contributed by atoms with Crippen molar-refractivity contribution in [2.75, 3.05) is 0 Å². The number of amides is 2. The number of carbonyl (C=O) groups excluding carboxylic acids is 1. The maximum Gasteiger partial charge on any atom is 0.315 e. The van der Waals surface area contributed by atoms with Crippen LogP contribution in [0.5, 0.6) is 0 Å². The Kier molecular flexibility index (Phi) is 4.36. The summed E-state index contributed by atoms with van der Waals surface area (Å²) in [6.45, 7) is 2.37. The molecule has 2 unspecified atom stereocenters. The number of nitrogens with one attached hydrogen (secondary N) is 2. The van der Waals surface area contributed by atoms with Gasteiger partial charge < -0.3 is 15.7 Å². The Morgan fingerprint density at radius 3 is 2.89 bits per heavy atom. The number of carboxylic acids is 1. The first kappa shape index (κ1) is 13.8. The summed E-state index contributed by atoms with van der Waals surface area (Å²) >= 11 is 1.55. The Hall–Kier alpha value is -1.63. The third-order valence-electron chi connectivity index (χ3n) is 3.19. The van der Waals surface area contributed by atoms with Gasteiger partial charge in [-0.1, -0.05) is 0 Å². The molecule has 1 heterocycles. The number of nitrogens with zero attached hydrogens (tertiary/aromatic N) is 1. The minimum Gasteiger partial charge on any atom is -0.481 e. The molecule has 1 aliphatic rings. The summed E-state index contributed by atoms with van der Waals surface area (Å²) in [5.74, 6) is -1.10. The van der Waals surface area contributed by atoms with Crippen LogP contribution in [-0.2, 0) is 11.3 Å². The van der Waals surface area contributed by atoms with Crippen molar-refractivity contribution in [3.05, 3.63) is 16.1 Å². The minimum absolute atomic E-state index is 0.0425. The highest BCUT2D eigenvalue weighted by molar-refractivity contribution is 7.11. The van der Waals surface area contributed by atoms with Gasteiger partial charge in [0.1, 0.15) is 5.01 Å². The first-order chi connectivity index (χ1) is 9.04. The molecule has 104 valence electrons. The lowest BCUT2D eigenvalue weighted by Crippen LogP contribution is -2.40. The first-order valence-electron chi connectivity index (χ1n) is 6.23. The number of aromatic nitrogens is 1. The molecule has 1 aliphatic carbocycles. The number of hydrogen-bond acceptors (Lipinski definition) is 4. The lowest BCUT2D eigenvalue weighted by molar-refractivity contribution is -0.141. The molecule has 0 saturated heterocycles. The van der Waals surface area contributed by atoms with Crippen LogP contribution in [0, 0.1) is 12.8 Å². The van der Waals surface area contributed by atoms with Gasteiger partial charge in [-0.15, -0.1) is 11.3 Å². The second-order valence-corrected chi connectivity index (χ2v) is 6.06. The van der Waals surface area contributed by atoms with Crippen molar-refractivity contribution >= 4 is 23.3 Å². The number of hydrogen-bond donors (Lipinski definition) is 3. The summed E-state index contributed by atoms with van der Waals surface area (Å²) in [6.07, 6.45) is 3.64. The molecule has 1 aromatic heterocycles. The highest BCUT2D eigenvalue weighted by atomic mass is 32.1. The number of rotatable bonds is 4. The SMILES string of the molecule is Cc1cnc(CNC(=O)NC2CCC(C(=O)O)C2)s1. The third-order valence-corrected chi connectivity index (χ3v) is 4.10. The molecule has 1 saturated carbocycles. The fraction of sp³-hybridized carbons (Fsp3) is 0.583. The Labute approximate surface area is 115 Å². The van der Waals surface area contributed by atoms with Crippen LogP contribution in [-0.4, -0.2) is 28.1 Å². The molecule has 2 rings (SSSR count). The van der Waals surface area contributed by atoms with Gasteiger partial charge in [0.15, 0.2) is 0 Å². The van der Waals surface area contributed by atoms with Crippen LogP contribution >= 0.6 is 11.3 Å². The van der Waals surface area contributed by atoms with Crippen LogP contribution in [0.2, 0.25) is 0 Å². The summed E-state index contributed by atoms with van der Waals surface area (Å²) in [5.41, 5.74) is 0. The Bertz CT molecular complexity index is 475. The van der Waals surface area contributed by atoms with Crippen LogP contribution in [0.25, 0.3) is 0 Å². The molecular formula is C12H17N3O3S. The number of carboxylic acid groups (broad SMARTS) is 1. The summed E-state index contributed by atoms with van der Waals surface area (Å²) in [6, 6.07) is -0.303. The largest absolute Gasteiger partial charge is 0.481 e. The number of aliphatic carboxylic acids is 1. The standard InChI is InChI=1S/C12H17N3O3S/c1-7-5-13-10(19-7)6-14-12(18)15-9-3-2-8(4-9)11(16)17/h5,8-9H,2-4,6H2,1H3,(H,16,17)(H2,14,15,18). The van der Waals surface area contributed by atoms with Gasteiger partial charge in [-0.25, -0.2) is 9.78 Å². The zero-order valence-corrected chi connectivity index (χ0v) is 11.5. The van der Waals surface area contributed by atoms with E-state index in [0.29, 0.717) is 19.4 Å². The van der Waals surface area contributed by atoms with E-state index in [1.165, 1.54) is 0 Å². The van der Waals surface area contributed by atoms with Crippen molar-refractivity contribution in [2.24, 2.45) is 5.92 Å². The van der Waals surface area contributed by atoms with Crippen molar-refractivity contribution < 1.29 is 14.7 Å². The van der Waals surface area contributed by atoms with E-state index < -0.39 is 5.97 Å². The Balaban J connectivity index is 1.72. The van der Waals surface area contributed by atoms with Crippen molar-refractivity contribution in [3.8, 4) is 0 Å². The van der Waals surface area contributed by atoms with E-state index in [-0.39, 0.29) is 18.0 Å². The van der Waals surface area contributed by atoms with E-state index in [9.17, 15) is 9.59 Å². The van der Waals surface area contributed by atoms with Crippen LogP contribution in [0.1, 0.15) is 29.1 Å². The molecule has 2 amide bonds. The van der Waals surface area contributed by atoms with Crippen molar-refractivity contribution in [2.45, 2.75) is 38.8 Å². The van der Waals surface area contributed by atoms with Gasteiger partial charge in [-0.05, 0) is 26.2 Å². The molecule has 1 aromatic rings. The molecule has 0 spiro atoms. The maximum atomic E-state index is 11.7. The Morgan fingerprint density at radius 1 is 1.53 bits per heavy atom. The lowest BCUT2D eigenvalue weighted by atomic mass is 10.1. The molecule has 0 bridgehead atoms. The van der Waals surface area contributed by atoms with Gasteiger partial charge >= 0.3 is 12.0 Å². The average Bonchev–Trinajstić information content (AvgIpc) is 2.96. The van der Waals surface area contributed by atoms with Crippen LogP contribution in [0.4, 0.5) is 4.79 Å². The summed E-state index contributed by atoms with van der Waals surface area (Å²) in [7, 11) is 0. The molecule has 0 radical (unpaired) electrons. The fourth-order valence-electron chi connectivity index (χ4n) is 2.21. The molecule has 19 heavy (non-hydrogen) atoms. The molecule has 7 heteroatoms. The molecule has 0 aromatic carbocycles. The van der Waals surface area contributed by atoms with Crippen molar-refractivity contribution in [1.29, 1.82) is 0 Å². The van der Waals surface area contributed by atoms with E-state index >= 15 is 0 Å². The average molecular weight is 283 g/mol. The zero-order valence-electron chi connectivity index (χ0n) is 10.7. The van der Waals surface area contributed by atoms with Gasteiger partial charge in [0.25, 0.3) is 0 Å². The predicted octanol–water partition coefficient (Wildman–Crippen LogP) is 1.50. The van der Waals surface area contributed by atoms with E-state index in [4.69, 9.17) is 5.11 Å². The van der Waals surface area contributed by atoms with Gasteiger partial charge in [0, 0.05) is 17.1 Å². The summed E-state index contributed by atoms with van der Waals surface area (Å²) < 4.78 is 0. The normalized spacial score (nSPS) is 22.2. The van der Waals surface area contributed by atoms with Crippen LogP contribution < -0.4 is 10.6 Å². The summed E-state index contributed by atoms with van der Waals surface area (Å²) in [5, 5.41) is 15.3. The summed E-state index contributed by atoms with van der Waals surface area (Å²) in [4.78, 5) is 27.7. The highest BCUT2D eigenvalue weighted by Gasteiger charge is 2.30. The molecule has 6 nitrogen and oxygen atoms in total. The van der Waals surface area contributed by atoms with E-state index in [0.717, 1.165) is 16.3 Å². The van der Waals surface area contributed by atoms with E-state index in [2.05, 4.69) is 15.6 Å². The van der Waals surface area contributed by atoms with Gasteiger partial charge in [0.05, 0.1) is 12.5 Å². The molecule has 0 aliphatic heterocycles. The number of thiazole rings is 1. The van der Waals surface area contributed by atoms with Gasteiger partial charge in [-0.2, -0.15) is 0 Å². The number of carbonyl (C=O) groups is 2. The van der Waals surface area contributed by atoms with Gasteiger partial charge in [0.2, 0.25) is 0 Å². The minimum atomic E-state index is -0.775. The van der Waals surface area contributed by atoms with E-state index in [1.807, 2.05) is 6.92 Å². The fourth-order valence-corrected chi connectivity index (χ4v) is 2.94. The third kappa shape index (κ3) is 3.92. The molecule has 2 atom stereocenters. The number of aryl methyl sites for hydroxylation is 1. The smallest absolute Gasteiger partial charge is 0.315 e. The molecule has 1 fully saturated rings. The zero-order chi connectivity index (χ0) is 13.8. The highest BCUT2D eigenvalue weighted by Crippen LogP contribution is 2.25. The Morgan fingerprint density at radius 2 is 2.32 bits per heavy atom. The quantitative estimate of drug-likeness (QED) is 0.781. The second-order valence-electron chi connectivity index (χ2n) is 4.74. The maximum absolute atomic E-state index is 11.7. The molecule has 3 N–H and O–H groups in total. The topological polar surface area (TPSA) is 91.3 Å². The van der Waals surface area contributed by atoms with E-state index in [1.54, 1.807) is 17.5 Å². The first-order valence-corrected chi connectivity index (χ1v) is 7.04. The van der Waals surface area contributed by atoms with Crippen molar-refractivity contribution in [3.63, 3.8) is 0 Å².